The fourth-order valence-electron chi connectivity index (χ4n) is 1.31. The Bertz CT molecular complexity index is 384. The fourth-order valence-corrected chi connectivity index (χ4v) is 1.31. The van der Waals surface area contributed by atoms with Gasteiger partial charge in [-0.2, -0.15) is 0 Å². The first-order valence-corrected chi connectivity index (χ1v) is 4.46. The van der Waals surface area contributed by atoms with Crippen LogP contribution in [0.5, 0.6) is 5.75 Å². The predicted molar refractivity (Wildman–Crippen MR) is 54.4 cm³/mol. The van der Waals surface area contributed by atoms with Crippen LogP contribution in [-0.2, 0) is 4.79 Å². The van der Waals surface area contributed by atoms with Crippen molar-refractivity contribution in [3.05, 3.63) is 29.3 Å². The Labute approximate surface area is 87.5 Å². The molecular formula is C11H12O4. The first-order valence-electron chi connectivity index (χ1n) is 4.46. The normalized spacial score (nSPS) is 11.9. The van der Waals surface area contributed by atoms with Crippen molar-refractivity contribution in [3.63, 3.8) is 0 Å². The minimum absolute atomic E-state index is 0.351. The first kappa shape index (κ1) is 11.2. The molecule has 1 N–H and O–H groups in total. The molecule has 1 aromatic carbocycles. The van der Waals surface area contributed by atoms with Crippen LogP contribution >= 0.6 is 0 Å². The lowest BCUT2D eigenvalue weighted by Crippen LogP contribution is -2.09. The molecule has 0 saturated carbocycles. The molecule has 0 aliphatic rings. The van der Waals surface area contributed by atoms with E-state index in [9.17, 15) is 9.59 Å². The largest absolute Gasteiger partial charge is 0.497 e. The van der Waals surface area contributed by atoms with E-state index in [-0.39, 0.29) is 0 Å². The van der Waals surface area contributed by atoms with Gasteiger partial charge in [0.25, 0.3) is 0 Å². The Hall–Kier alpha value is -1.84. The van der Waals surface area contributed by atoms with Crippen molar-refractivity contribution in [2.24, 2.45) is 0 Å². The number of carboxylic acid groups (broad SMARTS) is 1. The van der Waals surface area contributed by atoms with Gasteiger partial charge in [-0.3, -0.25) is 9.59 Å². The van der Waals surface area contributed by atoms with E-state index in [1.165, 1.54) is 20.1 Å². The van der Waals surface area contributed by atoms with Crippen LogP contribution in [0.3, 0.4) is 0 Å². The highest BCUT2D eigenvalue weighted by Gasteiger charge is 2.17. The molecule has 1 rings (SSSR count). The standard InChI is InChI=1S/C11H12O4/c1-7(11(13)14)10-4-3-9(15-2)5-8(10)6-12/h3-7H,1-2H3,(H,13,14). The number of aliphatic carboxylic acids is 1. The Morgan fingerprint density at radius 2 is 2.20 bits per heavy atom. The zero-order valence-electron chi connectivity index (χ0n) is 8.56. The van der Waals surface area contributed by atoms with Crippen LogP contribution in [-0.4, -0.2) is 24.5 Å². The first-order chi connectivity index (χ1) is 7.10. The van der Waals surface area contributed by atoms with Crippen molar-refractivity contribution < 1.29 is 19.4 Å². The molecule has 0 fully saturated rings. The molecule has 0 aromatic heterocycles. The van der Waals surface area contributed by atoms with Gasteiger partial charge < -0.3 is 9.84 Å². The van der Waals surface area contributed by atoms with E-state index in [4.69, 9.17) is 9.84 Å². The van der Waals surface area contributed by atoms with Gasteiger partial charge in [-0.15, -0.1) is 0 Å². The molecular weight excluding hydrogens is 196 g/mol. The average Bonchev–Trinajstić information content (AvgIpc) is 2.27. The summed E-state index contributed by atoms with van der Waals surface area (Å²) in [7, 11) is 1.49. The molecule has 80 valence electrons. The molecule has 1 aromatic rings. The maximum Gasteiger partial charge on any atom is 0.310 e. The third-order valence-corrected chi connectivity index (χ3v) is 2.26. The van der Waals surface area contributed by atoms with Crippen molar-refractivity contribution >= 4 is 12.3 Å². The highest BCUT2D eigenvalue weighted by atomic mass is 16.5. The van der Waals surface area contributed by atoms with Gasteiger partial charge in [0.2, 0.25) is 0 Å². The highest BCUT2D eigenvalue weighted by molar-refractivity contribution is 5.84. The summed E-state index contributed by atoms with van der Waals surface area (Å²) >= 11 is 0. The number of hydrogen-bond acceptors (Lipinski definition) is 3. The third kappa shape index (κ3) is 2.34. The molecule has 0 saturated heterocycles. The van der Waals surface area contributed by atoms with Crippen LogP contribution in [0.2, 0.25) is 0 Å². The van der Waals surface area contributed by atoms with E-state index in [1.54, 1.807) is 12.1 Å². The SMILES string of the molecule is COc1ccc(C(C)C(=O)O)c(C=O)c1. The van der Waals surface area contributed by atoms with Gasteiger partial charge in [0.05, 0.1) is 13.0 Å². The van der Waals surface area contributed by atoms with Crippen molar-refractivity contribution in [3.8, 4) is 5.75 Å². The monoisotopic (exact) mass is 208 g/mol. The molecule has 0 radical (unpaired) electrons. The molecule has 1 unspecified atom stereocenters. The molecule has 1 atom stereocenters. The van der Waals surface area contributed by atoms with Crippen molar-refractivity contribution in [2.75, 3.05) is 7.11 Å². The molecule has 15 heavy (non-hydrogen) atoms. The second-order valence-electron chi connectivity index (χ2n) is 3.17. The topological polar surface area (TPSA) is 63.6 Å². The number of carboxylic acids is 1. The zero-order chi connectivity index (χ0) is 11.4. The number of hydrogen-bond donors (Lipinski definition) is 1. The molecule has 0 spiro atoms. The Kier molecular flexibility index (Phi) is 3.44. The van der Waals surface area contributed by atoms with Crippen LogP contribution < -0.4 is 4.74 Å². The van der Waals surface area contributed by atoms with Gasteiger partial charge in [-0.1, -0.05) is 6.07 Å². The van der Waals surface area contributed by atoms with E-state index in [1.807, 2.05) is 0 Å². The molecule has 4 heteroatoms. The number of benzene rings is 1. The van der Waals surface area contributed by atoms with Crippen molar-refractivity contribution in [2.45, 2.75) is 12.8 Å². The molecule has 0 heterocycles. The van der Waals surface area contributed by atoms with E-state index in [0.29, 0.717) is 23.2 Å². The maximum absolute atomic E-state index is 10.8. The highest BCUT2D eigenvalue weighted by Crippen LogP contribution is 2.23. The van der Waals surface area contributed by atoms with Gasteiger partial charge >= 0.3 is 5.97 Å². The summed E-state index contributed by atoms with van der Waals surface area (Å²) in [6.45, 7) is 1.54. The third-order valence-electron chi connectivity index (χ3n) is 2.26. The predicted octanol–water partition coefficient (Wildman–Crippen LogP) is 1.70. The summed E-state index contributed by atoms with van der Waals surface area (Å²) in [5.41, 5.74) is 0.850. The van der Waals surface area contributed by atoms with E-state index in [0.717, 1.165) is 0 Å². The van der Waals surface area contributed by atoms with E-state index < -0.39 is 11.9 Å². The number of methoxy groups -OCH3 is 1. The van der Waals surface area contributed by atoms with Gasteiger partial charge in [0, 0.05) is 5.56 Å². The van der Waals surface area contributed by atoms with Crippen LogP contribution in [0, 0.1) is 0 Å². The molecule has 0 bridgehead atoms. The number of ether oxygens (including phenoxy) is 1. The lowest BCUT2D eigenvalue weighted by molar-refractivity contribution is -0.138. The lowest BCUT2D eigenvalue weighted by Gasteiger charge is -2.10. The average molecular weight is 208 g/mol. The van der Waals surface area contributed by atoms with Crippen LogP contribution in [0.15, 0.2) is 18.2 Å². The van der Waals surface area contributed by atoms with Gasteiger partial charge in [0.15, 0.2) is 0 Å². The molecule has 0 amide bonds. The van der Waals surface area contributed by atoms with Crippen LogP contribution in [0.4, 0.5) is 0 Å². The van der Waals surface area contributed by atoms with Crippen LogP contribution in [0.1, 0.15) is 28.8 Å². The summed E-state index contributed by atoms with van der Waals surface area (Å²) in [5.74, 6) is -1.11. The smallest absolute Gasteiger partial charge is 0.310 e. The van der Waals surface area contributed by atoms with Crippen LogP contribution in [0.25, 0.3) is 0 Å². The Morgan fingerprint density at radius 3 is 2.67 bits per heavy atom. The lowest BCUT2D eigenvalue weighted by atomic mass is 9.96. The molecule has 0 aliphatic heterocycles. The maximum atomic E-state index is 10.8. The van der Waals surface area contributed by atoms with E-state index in [2.05, 4.69) is 0 Å². The minimum atomic E-state index is -0.955. The van der Waals surface area contributed by atoms with Gasteiger partial charge in [-0.25, -0.2) is 0 Å². The van der Waals surface area contributed by atoms with Crippen molar-refractivity contribution in [1.82, 2.24) is 0 Å². The quantitative estimate of drug-likeness (QED) is 0.765. The second kappa shape index (κ2) is 4.59. The number of aldehydes is 1. The van der Waals surface area contributed by atoms with Gasteiger partial charge in [0.1, 0.15) is 12.0 Å². The van der Waals surface area contributed by atoms with Gasteiger partial charge in [-0.05, 0) is 24.6 Å². The number of carbonyl (C=O) groups is 2. The fraction of sp³-hybridized carbons (Fsp3) is 0.273. The molecule has 0 aliphatic carbocycles. The summed E-state index contributed by atoms with van der Waals surface area (Å²) < 4.78 is 4.95. The summed E-state index contributed by atoms with van der Waals surface area (Å²) in [5, 5.41) is 8.83. The Balaban J connectivity index is 3.18. The van der Waals surface area contributed by atoms with Crippen molar-refractivity contribution in [1.29, 1.82) is 0 Å². The Morgan fingerprint density at radius 1 is 1.53 bits per heavy atom. The number of rotatable bonds is 4. The summed E-state index contributed by atoms with van der Waals surface area (Å²) in [6.07, 6.45) is 0.636. The summed E-state index contributed by atoms with van der Waals surface area (Å²) in [4.78, 5) is 21.5. The number of carbonyl (C=O) groups excluding carboxylic acids is 1. The zero-order valence-corrected chi connectivity index (χ0v) is 8.56. The summed E-state index contributed by atoms with van der Waals surface area (Å²) in [6, 6.07) is 4.77. The minimum Gasteiger partial charge on any atom is -0.497 e. The molecule has 4 nitrogen and oxygen atoms in total. The van der Waals surface area contributed by atoms with E-state index >= 15 is 0 Å². The second-order valence-corrected chi connectivity index (χ2v) is 3.17.